The first kappa shape index (κ1) is 16.8. The van der Waals surface area contributed by atoms with E-state index in [4.69, 9.17) is 16.6 Å². The van der Waals surface area contributed by atoms with Gasteiger partial charge in [0, 0.05) is 9.50 Å². The number of hydrogen-bond donors (Lipinski definition) is 1. The van der Waals surface area contributed by atoms with Crippen LogP contribution < -0.4 is 5.32 Å². The van der Waals surface area contributed by atoms with Gasteiger partial charge in [-0.1, -0.05) is 63.9 Å². The van der Waals surface area contributed by atoms with Crippen molar-refractivity contribution < 1.29 is 0 Å². The van der Waals surface area contributed by atoms with Crippen molar-refractivity contribution in [2.75, 3.05) is 5.32 Å². The van der Waals surface area contributed by atoms with Crippen molar-refractivity contribution in [1.29, 1.82) is 0 Å². The van der Waals surface area contributed by atoms with E-state index < -0.39 is 0 Å². The standard InChI is InChI=1S/C22H17BrClN3/c23-16-9-5-15(6-10-16)21-13-19(14-7-11-17(24)12-8-14)26-22-25-18-3-1-2-4-20(18)27(21)22/h1-12,19,21H,13H2,(H,25,26). The van der Waals surface area contributed by atoms with Crippen LogP contribution in [0.2, 0.25) is 5.02 Å². The SMILES string of the molecule is Clc1ccc(C2CC(c3ccc(Br)cc3)n3c(nc4ccccc43)N2)cc1. The number of hydrogen-bond acceptors (Lipinski definition) is 2. The second-order valence-corrected chi connectivity index (χ2v) is 8.20. The summed E-state index contributed by atoms with van der Waals surface area (Å²) in [4.78, 5) is 4.86. The largest absolute Gasteiger partial charge is 0.349 e. The highest BCUT2D eigenvalue weighted by molar-refractivity contribution is 9.10. The number of halogens is 2. The number of nitrogens with zero attached hydrogens (tertiary/aromatic N) is 2. The Labute approximate surface area is 171 Å². The fraction of sp³-hybridized carbons (Fsp3) is 0.136. The van der Waals surface area contributed by atoms with Crippen LogP contribution in [0.1, 0.15) is 29.6 Å². The molecule has 0 fully saturated rings. The third-order valence-corrected chi connectivity index (χ3v) is 5.98. The zero-order chi connectivity index (χ0) is 18.4. The van der Waals surface area contributed by atoms with E-state index in [0.29, 0.717) is 0 Å². The van der Waals surface area contributed by atoms with Crippen LogP contribution >= 0.6 is 27.5 Å². The summed E-state index contributed by atoms with van der Waals surface area (Å²) in [7, 11) is 0. The highest BCUT2D eigenvalue weighted by Gasteiger charge is 2.30. The predicted molar refractivity (Wildman–Crippen MR) is 114 cm³/mol. The van der Waals surface area contributed by atoms with E-state index in [2.05, 4.69) is 80.4 Å². The molecular formula is C22H17BrClN3. The number of anilines is 1. The molecule has 5 heteroatoms. The number of fused-ring (bicyclic) bond motifs is 3. The molecule has 0 aliphatic carbocycles. The molecule has 3 nitrogen and oxygen atoms in total. The monoisotopic (exact) mass is 437 g/mol. The molecular weight excluding hydrogens is 422 g/mol. The van der Waals surface area contributed by atoms with Gasteiger partial charge in [0.1, 0.15) is 0 Å². The van der Waals surface area contributed by atoms with Gasteiger partial charge in [0.25, 0.3) is 0 Å². The van der Waals surface area contributed by atoms with Crippen LogP contribution in [-0.2, 0) is 0 Å². The maximum absolute atomic E-state index is 6.08. The fourth-order valence-electron chi connectivity index (χ4n) is 3.89. The van der Waals surface area contributed by atoms with Gasteiger partial charge in [-0.2, -0.15) is 0 Å². The summed E-state index contributed by atoms with van der Waals surface area (Å²) < 4.78 is 3.41. The van der Waals surface area contributed by atoms with E-state index in [0.717, 1.165) is 32.9 Å². The molecule has 0 amide bonds. The van der Waals surface area contributed by atoms with Gasteiger partial charge in [0.05, 0.1) is 23.1 Å². The van der Waals surface area contributed by atoms with E-state index in [1.54, 1.807) is 0 Å². The molecule has 1 aliphatic heterocycles. The van der Waals surface area contributed by atoms with Crippen LogP contribution in [0.5, 0.6) is 0 Å². The number of rotatable bonds is 2. The number of nitrogens with one attached hydrogen (secondary N) is 1. The van der Waals surface area contributed by atoms with E-state index in [1.165, 1.54) is 11.1 Å². The minimum Gasteiger partial charge on any atom is -0.349 e. The molecule has 0 saturated carbocycles. The first-order valence-electron chi connectivity index (χ1n) is 8.93. The normalized spacial score (nSPS) is 18.9. The molecule has 1 aliphatic rings. The summed E-state index contributed by atoms with van der Waals surface area (Å²) in [6, 6.07) is 25.4. The van der Waals surface area contributed by atoms with Gasteiger partial charge >= 0.3 is 0 Å². The van der Waals surface area contributed by atoms with Gasteiger partial charge in [-0.15, -0.1) is 0 Å². The first-order chi connectivity index (χ1) is 13.2. The molecule has 5 rings (SSSR count). The molecule has 2 unspecified atom stereocenters. The Hall–Kier alpha value is -2.30. The van der Waals surface area contributed by atoms with Crippen molar-refractivity contribution in [3.63, 3.8) is 0 Å². The lowest BCUT2D eigenvalue weighted by Gasteiger charge is -2.33. The Kier molecular flexibility index (Phi) is 4.18. The lowest BCUT2D eigenvalue weighted by molar-refractivity contribution is 0.477. The van der Waals surface area contributed by atoms with Gasteiger partial charge in [-0.25, -0.2) is 4.98 Å². The van der Waals surface area contributed by atoms with Gasteiger partial charge < -0.3 is 9.88 Å². The molecule has 0 saturated heterocycles. The van der Waals surface area contributed by atoms with Gasteiger partial charge in [-0.3, -0.25) is 0 Å². The zero-order valence-electron chi connectivity index (χ0n) is 14.4. The Balaban J connectivity index is 1.65. The second kappa shape index (κ2) is 6.70. The van der Waals surface area contributed by atoms with Crippen molar-refractivity contribution in [2.24, 2.45) is 0 Å². The molecule has 4 aromatic rings. The molecule has 0 bridgehead atoms. The summed E-state index contributed by atoms with van der Waals surface area (Å²) in [5.74, 6) is 0.912. The van der Waals surface area contributed by atoms with E-state index in [1.807, 2.05) is 18.2 Å². The topological polar surface area (TPSA) is 29.9 Å². The number of para-hydroxylation sites is 2. The third-order valence-electron chi connectivity index (χ3n) is 5.20. The second-order valence-electron chi connectivity index (χ2n) is 6.85. The average molecular weight is 439 g/mol. The maximum atomic E-state index is 6.08. The van der Waals surface area contributed by atoms with Crippen LogP contribution in [0.25, 0.3) is 11.0 Å². The van der Waals surface area contributed by atoms with Crippen LogP contribution in [0.4, 0.5) is 5.95 Å². The average Bonchev–Trinajstić information content (AvgIpc) is 3.07. The predicted octanol–water partition coefficient (Wildman–Crippen LogP) is 6.60. The Bertz CT molecular complexity index is 1100. The van der Waals surface area contributed by atoms with Crippen molar-refractivity contribution in [1.82, 2.24) is 9.55 Å². The highest BCUT2D eigenvalue weighted by atomic mass is 79.9. The molecule has 0 radical (unpaired) electrons. The molecule has 0 spiro atoms. The minimum atomic E-state index is 0.181. The molecule has 3 aromatic carbocycles. The van der Waals surface area contributed by atoms with Gasteiger partial charge in [-0.05, 0) is 53.9 Å². The Morgan fingerprint density at radius 1 is 0.926 bits per heavy atom. The quantitative estimate of drug-likeness (QED) is 0.382. The molecule has 1 N–H and O–H groups in total. The van der Waals surface area contributed by atoms with Crippen LogP contribution in [0.3, 0.4) is 0 Å². The number of benzene rings is 3. The lowest BCUT2D eigenvalue weighted by Crippen LogP contribution is -2.27. The molecule has 2 atom stereocenters. The summed E-state index contributed by atoms with van der Waals surface area (Å²) in [5.41, 5.74) is 4.67. The van der Waals surface area contributed by atoms with Crippen molar-refractivity contribution in [3.05, 3.63) is 93.4 Å². The van der Waals surface area contributed by atoms with E-state index in [9.17, 15) is 0 Å². The third kappa shape index (κ3) is 3.03. The fourth-order valence-corrected chi connectivity index (χ4v) is 4.28. The molecule has 2 heterocycles. The summed E-state index contributed by atoms with van der Waals surface area (Å²) >= 11 is 9.63. The van der Waals surface area contributed by atoms with Crippen molar-refractivity contribution in [2.45, 2.75) is 18.5 Å². The van der Waals surface area contributed by atoms with Crippen LogP contribution in [0, 0.1) is 0 Å². The molecule has 27 heavy (non-hydrogen) atoms. The highest BCUT2D eigenvalue weighted by Crippen LogP contribution is 2.41. The number of imidazole rings is 1. The Morgan fingerprint density at radius 2 is 1.63 bits per heavy atom. The molecule has 134 valence electrons. The van der Waals surface area contributed by atoms with Crippen molar-refractivity contribution >= 4 is 44.5 Å². The molecule has 1 aromatic heterocycles. The minimum absolute atomic E-state index is 0.181. The van der Waals surface area contributed by atoms with E-state index >= 15 is 0 Å². The van der Waals surface area contributed by atoms with Gasteiger partial charge in [0.2, 0.25) is 5.95 Å². The summed E-state index contributed by atoms with van der Waals surface area (Å²) in [6.07, 6.45) is 0.941. The summed E-state index contributed by atoms with van der Waals surface area (Å²) in [6.45, 7) is 0. The maximum Gasteiger partial charge on any atom is 0.204 e. The Morgan fingerprint density at radius 3 is 2.41 bits per heavy atom. The first-order valence-corrected chi connectivity index (χ1v) is 10.1. The smallest absolute Gasteiger partial charge is 0.204 e. The lowest BCUT2D eigenvalue weighted by atomic mass is 9.93. The summed E-state index contributed by atoms with van der Waals surface area (Å²) in [5, 5.41) is 4.39. The van der Waals surface area contributed by atoms with Crippen LogP contribution in [0.15, 0.2) is 77.3 Å². The van der Waals surface area contributed by atoms with E-state index in [-0.39, 0.29) is 12.1 Å². The zero-order valence-corrected chi connectivity index (χ0v) is 16.8. The van der Waals surface area contributed by atoms with Gasteiger partial charge in [0.15, 0.2) is 0 Å². The van der Waals surface area contributed by atoms with Crippen molar-refractivity contribution in [3.8, 4) is 0 Å². The van der Waals surface area contributed by atoms with Crippen LogP contribution in [-0.4, -0.2) is 9.55 Å². The number of aromatic nitrogens is 2.